The molecule has 149 valence electrons. The number of nitrogens with one attached hydrogen (secondary N) is 1. The average Bonchev–Trinajstić information content (AvgIpc) is 2.63. The van der Waals surface area contributed by atoms with Gasteiger partial charge in [0.1, 0.15) is 0 Å². The molecule has 0 saturated carbocycles. The van der Waals surface area contributed by atoms with Gasteiger partial charge in [-0.15, -0.1) is 0 Å². The summed E-state index contributed by atoms with van der Waals surface area (Å²) in [6.45, 7) is 9.68. The Kier molecular flexibility index (Phi) is 20.7. The lowest BCUT2D eigenvalue weighted by Gasteiger charge is -2.10. The highest BCUT2D eigenvalue weighted by Gasteiger charge is 2.00. The summed E-state index contributed by atoms with van der Waals surface area (Å²) in [5, 5.41) is 8.21. The number of hydrogen-bond acceptors (Lipinski definition) is 1. The standard InChI is InChI=1S/C22H46N3/c1-4-7-10-13-16-19-23-22(24-20-17-14-11-8-5-2)25-21-18-15-12-9-6-3/h4-21H2,1-3H3,(H,23,24). The quantitative estimate of drug-likeness (QED) is 0.172. The summed E-state index contributed by atoms with van der Waals surface area (Å²) in [5.74, 6) is 0.918. The van der Waals surface area contributed by atoms with Gasteiger partial charge in [0, 0.05) is 19.6 Å². The van der Waals surface area contributed by atoms with Crippen molar-refractivity contribution in [2.75, 3.05) is 19.6 Å². The molecule has 0 unspecified atom stereocenters. The van der Waals surface area contributed by atoms with E-state index >= 15 is 0 Å². The maximum Gasteiger partial charge on any atom is 0.213 e. The Balaban J connectivity index is 3.90. The molecule has 1 N–H and O–H groups in total. The lowest BCUT2D eigenvalue weighted by Crippen LogP contribution is -2.33. The van der Waals surface area contributed by atoms with Crippen molar-refractivity contribution < 1.29 is 0 Å². The van der Waals surface area contributed by atoms with E-state index in [2.05, 4.69) is 26.1 Å². The molecule has 0 rings (SSSR count). The van der Waals surface area contributed by atoms with Crippen LogP contribution in [0.25, 0.3) is 0 Å². The van der Waals surface area contributed by atoms with Crippen molar-refractivity contribution in [2.24, 2.45) is 4.99 Å². The third kappa shape index (κ3) is 19.4. The minimum Gasteiger partial charge on any atom is -0.355 e. The fourth-order valence-electron chi connectivity index (χ4n) is 2.89. The Bertz CT molecular complexity index is 258. The van der Waals surface area contributed by atoms with E-state index in [1.807, 2.05) is 0 Å². The van der Waals surface area contributed by atoms with Crippen molar-refractivity contribution in [1.82, 2.24) is 10.6 Å². The fraction of sp³-hybridized carbons (Fsp3) is 0.955. The molecule has 0 spiro atoms. The van der Waals surface area contributed by atoms with Crippen molar-refractivity contribution in [3.63, 3.8) is 0 Å². The van der Waals surface area contributed by atoms with Gasteiger partial charge in [0.05, 0.1) is 0 Å². The van der Waals surface area contributed by atoms with E-state index in [1.165, 1.54) is 96.3 Å². The zero-order valence-electron chi connectivity index (χ0n) is 17.6. The Morgan fingerprint density at radius 3 is 1.60 bits per heavy atom. The van der Waals surface area contributed by atoms with E-state index in [4.69, 9.17) is 10.3 Å². The number of unbranched alkanes of at least 4 members (excludes halogenated alkanes) is 12. The molecule has 1 radical (unpaired) electrons. The van der Waals surface area contributed by atoms with E-state index in [1.54, 1.807) is 0 Å². The predicted octanol–water partition coefficient (Wildman–Crippen LogP) is 6.45. The SMILES string of the molecule is CCCCCCC[N]C(=NCCCCCCC)NCCCCCCC. The van der Waals surface area contributed by atoms with Gasteiger partial charge in [-0.2, -0.15) is 0 Å². The van der Waals surface area contributed by atoms with Crippen LogP contribution in [-0.2, 0) is 0 Å². The highest BCUT2D eigenvalue weighted by molar-refractivity contribution is 5.79. The second kappa shape index (κ2) is 21.3. The molecule has 0 heterocycles. The van der Waals surface area contributed by atoms with Crippen LogP contribution in [0.3, 0.4) is 0 Å². The fourth-order valence-corrected chi connectivity index (χ4v) is 2.89. The molecule has 0 fully saturated rings. The molecule has 25 heavy (non-hydrogen) atoms. The zero-order valence-corrected chi connectivity index (χ0v) is 17.6. The first-order valence-electron chi connectivity index (χ1n) is 11.3. The Morgan fingerprint density at radius 1 is 0.560 bits per heavy atom. The molecule has 3 heteroatoms. The molecule has 0 aliphatic rings. The van der Waals surface area contributed by atoms with Gasteiger partial charge in [0.2, 0.25) is 5.96 Å². The summed E-state index contributed by atoms with van der Waals surface area (Å²) >= 11 is 0. The molecule has 0 aliphatic carbocycles. The second-order valence-electron chi connectivity index (χ2n) is 7.26. The average molecular weight is 353 g/mol. The van der Waals surface area contributed by atoms with E-state index in [9.17, 15) is 0 Å². The van der Waals surface area contributed by atoms with E-state index in [0.29, 0.717) is 0 Å². The number of aliphatic imine (C=N–C) groups is 1. The lowest BCUT2D eigenvalue weighted by atomic mass is 10.1. The van der Waals surface area contributed by atoms with Crippen LogP contribution in [-0.4, -0.2) is 25.6 Å². The Labute approximate surface area is 158 Å². The number of rotatable bonds is 18. The highest BCUT2D eigenvalue weighted by Crippen LogP contribution is 2.04. The smallest absolute Gasteiger partial charge is 0.213 e. The largest absolute Gasteiger partial charge is 0.355 e. The summed E-state index contributed by atoms with van der Waals surface area (Å²) < 4.78 is 0. The minimum atomic E-state index is 0.918. The maximum atomic E-state index is 4.73. The molecular formula is C22H46N3. The highest BCUT2D eigenvalue weighted by atomic mass is 15.2. The van der Waals surface area contributed by atoms with Crippen molar-refractivity contribution in [1.29, 1.82) is 0 Å². The van der Waals surface area contributed by atoms with Gasteiger partial charge in [-0.05, 0) is 19.3 Å². The van der Waals surface area contributed by atoms with Crippen LogP contribution in [0, 0.1) is 0 Å². The van der Waals surface area contributed by atoms with Crippen LogP contribution in [0.4, 0.5) is 0 Å². The van der Waals surface area contributed by atoms with Crippen LogP contribution >= 0.6 is 0 Å². The molecule has 0 aromatic carbocycles. The topological polar surface area (TPSA) is 38.5 Å². The maximum absolute atomic E-state index is 4.73. The molecule has 0 amide bonds. The molecule has 0 atom stereocenters. The van der Waals surface area contributed by atoms with E-state index < -0.39 is 0 Å². The molecule has 0 aliphatic heterocycles. The molecule has 0 aromatic heterocycles. The van der Waals surface area contributed by atoms with Crippen LogP contribution < -0.4 is 10.6 Å². The summed E-state index contributed by atoms with van der Waals surface area (Å²) in [5.41, 5.74) is 0. The first-order chi connectivity index (χ1) is 12.3. The third-order valence-corrected chi connectivity index (χ3v) is 4.61. The molecule has 0 aromatic rings. The molecule has 0 saturated heterocycles. The van der Waals surface area contributed by atoms with Gasteiger partial charge in [-0.3, -0.25) is 10.3 Å². The van der Waals surface area contributed by atoms with Gasteiger partial charge in [0.25, 0.3) is 0 Å². The third-order valence-electron chi connectivity index (χ3n) is 4.61. The van der Waals surface area contributed by atoms with Crippen LogP contribution in [0.15, 0.2) is 4.99 Å². The van der Waals surface area contributed by atoms with Gasteiger partial charge in [0.15, 0.2) is 0 Å². The summed E-state index contributed by atoms with van der Waals surface area (Å²) in [7, 11) is 0. The zero-order chi connectivity index (χ0) is 18.4. The van der Waals surface area contributed by atoms with Gasteiger partial charge < -0.3 is 5.32 Å². The van der Waals surface area contributed by atoms with Crippen LogP contribution in [0.1, 0.15) is 117 Å². The normalized spacial score (nSPS) is 11.7. The van der Waals surface area contributed by atoms with Crippen molar-refractivity contribution in [3.8, 4) is 0 Å². The lowest BCUT2D eigenvalue weighted by molar-refractivity contribution is 0.602. The number of nitrogens with zero attached hydrogens (tertiary/aromatic N) is 2. The van der Waals surface area contributed by atoms with E-state index in [0.717, 1.165) is 25.6 Å². The van der Waals surface area contributed by atoms with Gasteiger partial charge in [-0.25, -0.2) is 0 Å². The summed E-state index contributed by atoms with van der Waals surface area (Å²) in [6.07, 6.45) is 19.6. The van der Waals surface area contributed by atoms with Gasteiger partial charge >= 0.3 is 0 Å². The monoisotopic (exact) mass is 352 g/mol. The molecule has 3 nitrogen and oxygen atoms in total. The first-order valence-corrected chi connectivity index (χ1v) is 11.3. The van der Waals surface area contributed by atoms with Crippen LogP contribution in [0.5, 0.6) is 0 Å². The van der Waals surface area contributed by atoms with Crippen molar-refractivity contribution in [2.45, 2.75) is 117 Å². The van der Waals surface area contributed by atoms with E-state index in [-0.39, 0.29) is 0 Å². The predicted molar refractivity (Wildman–Crippen MR) is 114 cm³/mol. The first kappa shape index (κ1) is 24.3. The second-order valence-corrected chi connectivity index (χ2v) is 7.26. The number of guanidine groups is 1. The summed E-state index contributed by atoms with van der Waals surface area (Å²) in [6, 6.07) is 0. The van der Waals surface area contributed by atoms with Crippen LogP contribution in [0.2, 0.25) is 0 Å². The molecule has 0 bridgehead atoms. The Hall–Kier alpha value is -0.730. The molecular weight excluding hydrogens is 306 g/mol. The van der Waals surface area contributed by atoms with Crippen molar-refractivity contribution >= 4 is 5.96 Å². The Morgan fingerprint density at radius 2 is 1.04 bits per heavy atom. The summed E-state index contributed by atoms with van der Waals surface area (Å²) in [4.78, 5) is 4.73. The number of hydrogen-bond donors (Lipinski definition) is 1. The minimum absolute atomic E-state index is 0.918. The van der Waals surface area contributed by atoms with Crippen molar-refractivity contribution in [3.05, 3.63) is 0 Å². The van der Waals surface area contributed by atoms with Gasteiger partial charge in [-0.1, -0.05) is 97.8 Å².